The normalized spacial score (nSPS) is 15.9. The molecule has 0 amide bonds. The molecular formula is C29H35Cl2N7. The average Bonchev–Trinajstić information content (AvgIpc) is 3.62. The van der Waals surface area contributed by atoms with E-state index in [4.69, 9.17) is 34.8 Å². The van der Waals surface area contributed by atoms with Gasteiger partial charge in [0.1, 0.15) is 6.07 Å². The van der Waals surface area contributed by atoms with Gasteiger partial charge in [-0.2, -0.15) is 5.26 Å². The number of nitriles is 1. The lowest BCUT2D eigenvalue weighted by Gasteiger charge is -2.31. The third kappa shape index (κ3) is 5.78. The summed E-state index contributed by atoms with van der Waals surface area (Å²) in [6, 6.07) is 13.1. The van der Waals surface area contributed by atoms with E-state index in [9.17, 15) is 5.26 Å². The molecule has 1 atom stereocenters. The highest BCUT2D eigenvalue weighted by Gasteiger charge is 2.43. The van der Waals surface area contributed by atoms with Crippen LogP contribution in [0.15, 0.2) is 54.0 Å². The number of benzene rings is 2. The number of fused-ring (bicyclic) bond motifs is 1. The monoisotopic (exact) mass is 551 g/mol. The van der Waals surface area contributed by atoms with Crippen LogP contribution < -0.4 is 22.2 Å². The fraction of sp³-hybridized carbons (Fsp3) is 0.379. The topological polar surface area (TPSA) is 116 Å². The number of nitrogens with two attached hydrogens (primary N) is 2. The van der Waals surface area contributed by atoms with Gasteiger partial charge >= 0.3 is 0 Å². The van der Waals surface area contributed by atoms with E-state index in [2.05, 4.69) is 49.4 Å². The molecule has 4 rings (SSSR count). The van der Waals surface area contributed by atoms with Crippen molar-refractivity contribution in [2.24, 2.45) is 17.0 Å². The Morgan fingerprint density at radius 1 is 1.21 bits per heavy atom. The van der Waals surface area contributed by atoms with Gasteiger partial charge in [0, 0.05) is 34.5 Å². The Kier molecular flexibility index (Phi) is 7.72. The Hall–Kier alpha value is -3.18. The second-order valence-corrected chi connectivity index (χ2v) is 12.2. The maximum atomic E-state index is 9.79. The van der Waals surface area contributed by atoms with Crippen molar-refractivity contribution < 1.29 is 0 Å². The highest BCUT2D eigenvalue weighted by atomic mass is 35.5. The molecule has 9 heteroatoms. The van der Waals surface area contributed by atoms with Crippen LogP contribution in [0.5, 0.6) is 0 Å². The molecule has 1 aromatic heterocycles. The first-order chi connectivity index (χ1) is 17.8. The SMILES string of the molecule is C/C(=C(/N)C(Nc1cc(Cl)c2ncc(C#N)c(NCC(C)(C)C)c2c1)c1ccccc1Cl)N(N)C1(C)CC1. The summed E-state index contributed by atoms with van der Waals surface area (Å²) in [6.07, 6.45) is 3.57. The molecule has 1 saturated carbocycles. The lowest BCUT2D eigenvalue weighted by atomic mass is 9.96. The van der Waals surface area contributed by atoms with E-state index in [0.29, 0.717) is 44.7 Å². The van der Waals surface area contributed by atoms with Gasteiger partial charge in [0.05, 0.1) is 39.1 Å². The van der Waals surface area contributed by atoms with Gasteiger partial charge in [0.2, 0.25) is 0 Å². The van der Waals surface area contributed by atoms with E-state index in [1.54, 1.807) is 11.2 Å². The number of hydrogen-bond acceptors (Lipinski definition) is 7. The number of hydrazine groups is 1. The molecule has 0 bridgehead atoms. The lowest BCUT2D eigenvalue weighted by molar-refractivity contribution is 0.252. The molecule has 1 aliphatic carbocycles. The summed E-state index contributed by atoms with van der Waals surface area (Å²) in [5.41, 5.74) is 11.3. The van der Waals surface area contributed by atoms with E-state index in [1.807, 2.05) is 43.3 Å². The van der Waals surface area contributed by atoms with Crippen LogP contribution in [0.4, 0.5) is 11.4 Å². The van der Waals surface area contributed by atoms with Gasteiger partial charge in [0.15, 0.2) is 0 Å². The number of hydrogen-bond donors (Lipinski definition) is 4. The molecule has 0 spiro atoms. The predicted octanol–water partition coefficient (Wildman–Crippen LogP) is 6.94. The van der Waals surface area contributed by atoms with Gasteiger partial charge in [-0.25, -0.2) is 5.84 Å². The van der Waals surface area contributed by atoms with Crippen molar-refractivity contribution in [3.05, 3.63) is 75.2 Å². The first-order valence-electron chi connectivity index (χ1n) is 12.6. The van der Waals surface area contributed by atoms with Gasteiger partial charge in [-0.3, -0.25) is 4.98 Å². The number of anilines is 2. The molecule has 1 heterocycles. The standard InChI is InChI=1S/C29H35Cl2N7/c1-17(38(34)29(5)10-11-29)24(33)27(20-8-6-7-9-22(20)30)37-19-12-21-25(36-16-28(2,3)4)18(14-32)15-35-26(21)23(31)13-19/h6-9,12-13,15,27,37H,10-11,16,33-34H2,1-5H3,(H,35,36)/b24-17-. The maximum absolute atomic E-state index is 9.79. The van der Waals surface area contributed by atoms with Crippen LogP contribution in [0, 0.1) is 16.7 Å². The van der Waals surface area contributed by atoms with Crippen LogP contribution in [-0.4, -0.2) is 22.1 Å². The van der Waals surface area contributed by atoms with Crippen LogP contribution in [0.25, 0.3) is 10.9 Å². The summed E-state index contributed by atoms with van der Waals surface area (Å²) in [6.45, 7) is 11.1. The number of nitrogens with one attached hydrogen (secondary N) is 2. The van der Waals surface area contributed by atoms with E-state index in [0.717, 1.165) is 29.5 Å². The number of allylic oxidation sites excluding steroid dienone is 1. The third-order valence-corrected chi connectivity index (χ3v) is 7.65. The molecule has 6 N–H and O–H groups in total. The van der Waals surface area contributed by atoms with Crippen LogP contribution in [-0.2, 0) is 0 Å². The third-order valence-electron chi connectivity index (χ3n) is 7.01. The smallest absolute Gasteiger partial charge is 0.103 e. The zero-order valence-corrected chi connectivity index (χ0v) is 24.0. The average molecular weight is 553 g/mol. The number of aromatic nitrogens is 1. The zero-order chi connectivity index (χ0) is 27.8. The van der Waals surface area contributed by atoms with Gasteiger partial charge in [-0.15, -0.1) is 0 Å². The Morgan fingerprint density at radius 3 is 2.50 bits per heavy atom. The predicted molar refractivity (Wildman–Crippen MR) is 158 cm³/mol. The van der Waals surface area contributed by atoms with Crippen molar-refractivity contribution >= 4 is 45.5 Å². The number of rotatable bonds is 8. The summed E-state index contributed by atoms with van der Waals surface area (Å²) < 4.78 is 0. The van der Waals surface area contributed by atoms with Crippen molar-refractivity contribution in [1.82, 2.24) is 9.99 Å². The summed E-state index contributed by atoms with van der Waals surface area (Å²) >= 11 is 13.4. The van der Waals surface area contributed by atoms with Crippen LogP contribution in [0.3, 0.4) is 0 Å². The molecule has 1 unspecified atom stereocenters. The second kappa shape index (κ2) is 10.5. The molecule has 1 fully saturated rings. The molecular weight excluding hydrogens is 517 g/mol. The van der Waals surface area contributed by atoms with Gasteiger partial charge < -0.3 is 21.4 Å². The van der Waals surface area contributed by atoms with Crippen LogP contribution >= 0.6 is 23.2 Å². The van der Waals surface area contributed by atoms with E-state index < -0.39 is 6.04 Å². The summed E-state index contributed by atoms with van der Waals surface area (Å²) in [5, 5.41) is 20.3. The van der Waals surface area contributed by atoms with Crippen molar-refractivity contribution in [3.8, 4) is 6.07 Å². The molecule has 0 saturated heterocycles. The number of nitrogens with zero attached hydrogens (tertiary/aromatic N) is 3. The number of pyridine rings is 1. The number of halogens is 2. The first-order valence-corrected chi connectivity index (χ1v) is 13.4. The van der Waals surface area contributed by atoms with Crippen LogP contribution in [0.1, 0.15) is 64.6 Å². The molecule has 0 aliphatic heterocycles. The molecule has 0 radical (unpaired) electrons. The Balaban J connectivity index is 1.83. The minimum absolute atomic E-state index is 0.000194. The van der Waals surface area contributed by atoms with E-state index in [-0.39, 0.29) is 11.0 Å². The fourth-order valence-electron chi connectivity index (χ4n) is 4.35. The second-order valence-electron chi connectivity index (χ2n) is 11.4. The lowest BCUT2D eigenvalue weighted by Crippen LogP contribution is -2.41. The zero-order valence-electron chi connectivity index (χ0n) is 22.5. The van der Waals surface area contributed by atoms with Crippen molar-refractivity contribution in [1.29, 1.82) is 5.26 Å². The summed E-state index contributed by atoms with van der Waals surface area (Å²) in [5.74, 6) is 6.49. The minimum atomic E-state index is -0.483. The highest BCUT2D eigenvalue weighted by Crippen LogP contribution is 2.43. The molecule has 2 aromatic carbocycles. The van der Waals surface area contributed by atoms with E-state index in [1.165, 1.54) is 0 Å². The molecule has 3 aromatic rings. The van der Waals surface area contributed by atoms with Crippen molar-refractivity contribution in [2.75, 3.05) is 17.2 Å². The van der Waals surface area contributed by atoms with E-state index >= 15 is 0 Å². The Labute approximate surface area is 234 Å². The van der Waals surface area contributed by atoms with Gasteiger partial charge in [0.25, 0.3) is 0 Å². The molecule has 1 aliphatic rings. The van der Waals surface area contributed by atoms with Gasteiger partial charge in [-0.1, -0.05) is 62.2 Å². The Morgan fingerprint density at radius 2 is 1.89 bits per heavy atom. The quantitative estimate of drug-likeness (QED) is 0.177. The van der Waals surface area contributed by atoms with Gasteiger partial charge in [-0.05, 0) is 55.9 Å². The largest absolute Gasteiger partial charge is 0.399 e. The Bertz CT molecular complexity index is 1430. The maximum Gasteiger partial charge on any atom is 0.103 e. The molecule has 38 heavy (non-hydrogen) atoms. The van der Waals surface area contributed by atoms with Crippen LogP contribution in [0.2, 0.25) is 10.0 Å². The fourth-order valence-corrected chi connectivity index (χ4v) is 4.86. The van der Waals surface area contributed by atoms with Crippen molar-refractivity contribution in [2.45, 2.75) is 59.0 Å². The molecule has 200 valence electrons. The molecule has 7 nitrogen and oxygen atoms in total. The van der Waals surface area contributed by atoms with Crippen molar-refractivity contribution in [3.63, 3.8) is 0 Å². The summed E-state index contributed by atoms with van der Waals surface area (Å²) in [7, 11) is 0. The summed E-state index contributed by atoms with van der Waals surface area (Å²) in [4.78, 5) is 4.47. The first kappa shape index (κ1) is 27.8. The highest BCUT2D eigenvalue weighted by molar-refractivity contribution is 6.36. The minimum Gasteiger partial charge on any atom is -0.399 e.